The fourth-order valence-corrected chi connectivity index (χ4v) is 0.406. The largest absolute Gasteiger partial charge is 0.466 e. The number of hydrogen-bond acceptors (Lipinski definition) is 4. The molecule has 0 aliphatic heterocycles. The number of nitrogens with zero attached hydrogens (tertiary/aromatic N) is 1. The third kappa shape index (κ3) is 3.71. The van der Waals surface area contributed by atoms with Crippen molar-refractivity contribution in [2.75, 3.05) is 6.61 Å². The quantitative estimate of drug-likeness (QED) is 0.178. The summed E-state index contributed by atoms with van der Waals surface area (Å²) in [6, 6.07) is 0. The van der Waals surface area contributed by atoms with Crippen LogP contribution in [0.1, 0.15) is 13.3 Å². The zero-order chi connectivity index (χ0) is 7.98. The molecule has 0 fully saturated rings. The molecule has 0 saturated carbocycles. The van der Waals surface area contributed by atoms with E-state index in [2.05, 4.69) is 9.84 Å². The lowest BCUT2D eigenvalue weighted by Gasteiger charge is -1.98. The smallest absolute Gasteiger partial charge is 0.313 e. The minimum Gasteiger partial charge on any atom is -0.466 e. The van der Waals surface area contributed by atoms with Crippen molar-refractivity contribution in [2.45, 2.75) is 13.3 Å². The second-order valence-corrected chi connectivity index (χ2v) is 1.60. The molecular weight excluding hydrogens is 134 g/mol. The summed E-state index contributed by atoms with van der Waals surface area (Å²) in [5.41, 5.74) is 5.13. The van der Waals surface area contributed by atoms with Crippen LogP contribution in [0.2, 0.25) is 0 Å². The highest BCUT2D eigenvalue weighted by molar-refractivity contribution is 5.96. The molecule has 0 amide bonds. The Morgan fingerprint density at radius 2 is 2.30 bits per heavy atom. The van der Waals surface area contributed by atoms with Gasteiger partial charge in [-0.25, -0.2) is 0 Å². The molecule has 4 N–H and O–H groups in total. The number of carbonyl (C=O) groups is 1. The van der Waals surface area contributed by atoms with Crippen LogP contribution in [0, 0.1) is 0 Å². The molecular formula is C5H11N3O2. The van der Waals surface area contributed by atoms with Gasteiger partial charge in [-0.3, -0.25) is 4.79 Å². The average Bonchev–Trinajstić information content (AvgIpc) is 1.88. The summed E-state index contributed by atoms with van der Waals surface area (Å²) in [6.07, 6.45) is -0.0374. The second kappa shape index (κ2) is 4.60. The number of ether oxygens (including phenoxy) is 1. The van der Waals surface area contributed by atoms with E-state index < -0.39 is 5.97 Å². The van der Waals surface area contributed by atoms with Gasteiger partial charge in [-0.1, -0.05) is 0 Å². The molecule has 0 heterocycles. The standard InChI is InChI=1S/C5H11N3O2/c1-2-10-5(9)3-4(6)8-7/h2-3,7H2,1H3,(H2,6,8). The molecule has 0 rings (SSSR count). The van der Waals surface area contributed by atoms with Crippen LogP contribution in [0.4, 0.5) is 0 Å². The van der Waals surface area contributed by atoms with Crippen LogP contribution in [0.5, 0.6) is 0 Å². The molecule has 0 aliphatic carbocycles. The number of hydrogen-bond donors (Lipinski definition) is 2. The Balaban J connectivity index is 3.58. The lowest BCUT2D eigenvalue weighted by molar-refractivity contribution is -0.141. The van der Waals surface area contributed by atoms with Crippen LogP contribution in [0.3, 0.4) is 0 Å². The van der Waals surface area contributed by atoms with Gasteiger partial charge in [0.05, 0.1) is 6.61 Å². The van der Waals surface area contributed by atoms with Gasteiger partial charge >= 0.3 is 5.97 Å². The maximum atomic E-state index is 10.6. The molecule has 5 nitrogen and oxygen atoms in total. The topological polar surface area (TPSA) is 90.7 Å². The van der Waals surface area contributed by atoms with Crippen molar-refractivity contribution < 1.29 is 9.53 Å². The predicted molar refractivity (Wildman–Crippen MR) is 37.1 cm³/mol. The van der Waals surface area contributed by atoms with Gasteiger partial charge in [-0.2, -0.15) is 5.10 Å². The Bertz CT molecular complexity index is 144. The van der Waals surface area contributed by atoms with Gasteiger partial charge in [0.15, 0.2) is 0 Å². The maximum absolute atomic E-state index is 10.6. The lowest BCUT2D eigenvalue weighted by Crippen LogP contribution is -2.20. The van der Waals surface area contributed by atoms with Gasteiger partial charge in [-0.15, -0.1) is 0 Å². The minimum atomic E-state index is -0.408. The SMILES string of the molecule is CCOC(=O)C/C(N)=N/N. The molecule has 0 unspecified atom stereocenters. The normalized spacial score (nSPS) is 11.1. The number of carbonyl (C=O) groups excluding carboxylic acids is 1. The number of amidine groups is 1. The lowest BCUT2D eigenvalue weighted by atomic mass is 10.4. The number of rotatable bonds is 3. The Labute approximate surface area is 59.0 Å². The molecule has 0 aromatic rings. The van der Waals surface area contributed by atoms with Crippen LogP contribution < -0.4 is 11.6 Å². The van der Waals surface area contributed by atoms with E-state index in [1.165, 1.54) is 0 Å². The van der Waals surface area contributed by atoms with Crippen LogP contribution in [0.15, 0.2) is 5.10 Å². The first kappa shape index (κ1) is 8.74. The van der Waals surface area contributed by atoms with Crippen LogP contribution in [0.25, 0.3) is 0 Å². The highest BCUT2D eigenvalue weighted by Crippen LogP contribution is 1.84. The molecule has 0 aliphatic rings. The van der Waals surface area contributed by atoms with Gasteiger partial charge in [-0.05, 0) is 6.92 Å². The van der Waals surface area contributed by atoms with E-state index in [1.807, 2.05) is 0 Å². The Hall–Kier alpha value is -1.26. The van der Waals surface area contributed by atoms with E-state index in [4.69, 9.17) is 11.6 Å². The first-order valence-electron chi connectivity index (χ1n) is 2.88. The molecule has 0 radical (unpaired) electrons. The molecule has 0 spiro atoms. The Morgan fingerprint density at radius 1 is 1.70 bits per heavy atom. The number of hydrazone groups is 1. The summed E-state index contributed by atoms with van der Waals surface area (Å²) in [4.78, 5) is 10.6. The van der Waals surface area contributed by atoms with Crippen molar-refractivity contribution in [2.24, 2.45) is 16.7 Å². The summed E-state index contributed by atoms with van der Waals surface area (Å²) in [6.45, 7) is 2.06. The molecule has 5 heteroatoms. The first-order valence-corrected chi connectivity index (χ1v) is 2.88. The molecule has 0 aromatic heterocycles. The van der Waals surface area contributed by atoms with Crippen molar-refractivity contribution in [1.82, 2.24) is 0 Å². The van der Waals surface area contributed by atoms with Crippen LogP contribution in [-0.2, 0) is 9.53 Å². The van der Waals surface area contributed by atoms with Crippen molar-refractivity contribution >= 4 is 11.8 Å². The summed E-state index contributed by atoms with van der Waals surface area (Å²) in [5, 5.41) is 3.10. The highest BCUT2D eigenvalue weighted by atomic mass is 16.5. The van der Waals surface area contributed by atoms with Crippen molar-refractivity contribution in [3.05, 3.63) is 0 Å². The van der Waals surface area contributed by atoms with Gasteiger partial charge in [0.2, 0.25) is 0 Å². The van der Waals surface area contributed by atoms with Gasteiger partial charge in [0, 0.05) is 0 Å². The van der Waals surface area contributed by atoms with Crippen LogP contribution in [-0.4, -0.2) is 18.4 Å². The van der Waals surface area contributed by atoms with Gasteiger partial charge < -0.3 is 16.3 Å². The fraction of sp³-hybridized carbons (Fsp3) is 0.600. The molecule has 0 saturated heterocycles. The van der Waals surface area contributed by atoms with Gasteiger partial charge in [0.1, 0.15) is 12.3 Å². The maximum Gasteiger partial charge on any atom is 0.313 e. The summed E-state index contributed by atoms with van der Waals surface area (Å²) >= 11 is 0. The Morgan fingerprint density at radius 3 is 2.70 bits per heavy atom. The molecule has 0 aromatic carbocycles. The van der Waals surface area contributed by atoms with E-state index in [9.17, 15) is 4.79 Å². The fourth-order valence-electron chi connectivity index (χ4n) is 0.406. The van der Waals surface area contributed by atoms with E-state index >= 15 is 0 Å². The molecule has 0 bridgehead atoms. The summed E-state index contributed by atoms with van der Waals surface area (Å²) in [7, 11) is 0. The second-order valence-electron chi connectivity index (χ2n) is 1.60. The van der Waals surface area contributed by atoms with Crippen molar-refractivity contribution in [3.8, 4) is 0 Å². The minimum absolute atomic E-state index is 0.0374. The van der Waals surface area contributed by atoms with E-state index in [-0.39, 0.29) is 12.3 Å². The zero-order valence-electron chi connectivity index (χ0n) is 5.83. The molecule has 0 atom stereocenters. The third-order valence-electron chi connectivity index (χ3n) is 0.797. The molecule has 58 valence electrons. The predicted octanol–water partition coefficient (Wildman–Crippen LogP) is -0.829. The number of nitrogens with two attached hydrogens (primary N) is 2. The highest BCUT2D eigenvalue weighted by Gasteiger charge is 2.02. The van der Waals surface area contributed by atoms with E-state index in [0.717, 1.165) is 0 Å². The number of esters is 1. The first-order chi connectivity index (χ1) is 4.70. The van der Waals surface area contributed by atoms with Crippen molar-refractivity contribution in [3.63, 3.8) is 0 Å². The Kier molecular flexibility index (Phi) is 4.02. The van der Waals surface area contributed by atoms with Crippen LogP contribution >= 0.6 is 0 Å². The van der Waals surface area contributed by atoms with Gasteiger partial charge in [0.25, 0.3) is 0 Å². The monoisotopic (exact) mass is 145 g/mol. The zero-order valence-corrected chi connectivity index (χ0v) is 5.83. The third-order valence-corrected chi connectivity index (χ3v) is 0.797. The summed E-state index contributed by atoms with van der Waals surface area (Å²) in [5.74, 6) is 4.45. The summed E-state index contributed by atoms with van der Waals surface area (Å²) < 4.78 is 4.56. The average molecular weight is 145 g/mol. The van der Waals surface area contributed by atoms with E-state index in [1.54, 1.807) is 6.92 Å². The van der Waals surface area contributed by atoms with Crippen molar-refractivity contribution in [1.29, 1.82) is 0 Å². The molecule has 10 heavy (non-hydrogen) atoms. The van der Waals surface area contributed by atoms with E-state index in [0.29, 0.717) is 6.61 Å².